The van der Waals surface area contributed by atoms with Crippen molar-refractivity contribution >= 4 is 35.5 Å². The zero-order valence-corrected chi connectivity index (χ0v) is 16.8. The normalized spacial score (nSPS) is 15.4. The molecule has 0 bridgehead atoms. The second kappa shape index (κ2) is 12.5. The standard InChI is InChI=1S/C16H30N4O6S/c1-8(2)12(17)15(24)20-11(7-21)14(23)19-10(5-6-27-4)13(22)18-9(3)16(25)26/h8-12,21H,5-7,17H2,1-4H3,(H,18,22)(H,19,23)(H,20,24)(H,25,26). The van der Waals surface area contributed by atoms with Crippen molar-refractivity contribution in [3.05, 3.63) is 0 Å². The van der Waals surface area contributed by atoms with Crippen LogP contribution in [0.3, 0.4) is 0 Å². The van der Waals surface area contributed by atoms with E-state index in [4.69, 9.17) is 10.8 Å². The van der Waals surface area contributed by atoms with Crippen molar-refractivity contribution in [2.75, 3.05) is 18.6 Å². The van der Waals surface area contributed by atoms with Crippen molar-refractivity contribution in [2.24, 2.45) is 11.7 Å². The number of nitrogens with two attached hydrogens (primary N) is 1. The van der Waals surface area contributed by atoms with Gasteiger partial charge in [-0.05, 0) is 31.3 Å². The minimum absolute atomic E-state index is 0.162. The molecule has 0 heterocycles. The molecule has 0 aliphatic heterocycles. The highest BCUT2D eigenvalue weighted by molar-refractivity contribution is 7.98. The molecule has 11 heteroatoms. The molecule has 0 saturated heterocycles. The molecule has 0 aliphatic rings. The molecule has 4 unspecified atom stereocenters. The van der Waals surface area contributed by atoms with Gasteiger partial charge in [-0.25, -0.2) is 0 Å². The number of nitrogens with one attached hydrogen (secondary N) is 3. The lowest BCUT2D eigenvalue weighted by atomic mass is 10.0. The number of rotatable bonds is 12. The summed E-state index contributed by atoms with van der Waals surface area (Å²) in [5.74, 6) is -2.84. The van der Waals surface area contributed by atoms with Gasteiger partial charge in [0.1, 0.15) is 18.1 Å². The Morgan fingerprint density at radius 1 is 0.963 bits per heavy atom. The lowest BCUT2D eigenvalue weighted by Gasteiger charge is -2.24. The largest absolute Gasteiger partial charge is 0.480 e. The minimum Gasteiger partial charge on any atom is -0.480 e. The Bertz CT molecular complexity index is 531. The van der Waals surface area contributed by atoms with E-state index in [2.05, 4.69) is 16.0 Å². The van der Waals surface area contributed by atoms with E-state index in [1.165, 1.54) is 18.7 Å². The van der Waals surface area contributed by atoms with E-state index < -0.39 is 54.5 Å². The van der Waals surface area contributed by atoms with Gasteiger partial charge >= 0.3 is 5.97 Å². The Morgan fingerprint density at radius 2 is 1.48 bits per heavy atom. The van der Waals surface area contributed by atoms with E-state index in [9.17, 15) is 24.3 Å². The van der Waals surface area contributed by atoms with Gasteiger partial charge < -0.3 is 31.9 Å². The van der Waals surface area contributed by atoms with Crippen LogP contribution in [0.25, 0.3) is 0 Å². The van der Waals surface area contributed by atoms with Gasteiger partial charge in [0, 0.05) is 0 Å². The Kier molecular flexibility index (Phi) is 11.7. The van der Waals surface area contributed by atoms with Gasteiger partial charge in [-0.1, -0.05) is 13.8 Å². The first-order chi connectivity index (χ1) is 12.5. The average Bonchev–Trinajstić information content (AvgIpc) is 2.61. The first kappa shape index (κ1) is 25.1. The Hall–Kier alpha value is -1.85. The summed E-state index contributed by atoms with van der Waals surface area (Å²) < 4.78 is 0. The van der Waals surface area contributed by atoms with Crippen molar-refractivity contribution in [3.8, 4) is 0 Å². The maximum absolute atomic E-state index is 12.4. The predicted molar refractivity (Wildman–Crippen MR) is 102 cm³/mol. The van der Waals surface area contributed by atoms with Gasteiger partial charge in [-0.15, -0.1) is 0 Å². The SMILES string of the molecule is CSCCC(NC(=O)C(CO)NC(=O)C(N)C(C)C)C(=O)NC(C)C(=O)O. The zero-order chi connectivity index (χ0) is 21.1. The number of carboxylic acids is 1. The zero-order valence-electron chi connectivity index (χ0n) is 16.0. The van der Waals surface area contributed by atoms with Crippen LogP contribution in [-0.2, 0) is 19.2 Å². The van der Waals surface area contributed by atoms with Crippen LogP contribution in [0.4, 0.5) is 0 Å². The van der Waals surface area contributed by atoms with Gasteiger partial charge in [0.25, 0.3) is 0 Å². The molecule has 0 aromatic heterocycles. The fourth-order valence-electron chi connectivity index (χ4n) is 1.92. The smallest absolute Gasteiger partial charge is 0.325 e. The molecule has 27 heavy (non-hydrogen) atoms. The summed E-state index contributed by atoms with van der Waals surface area (Å²) in [6, 6.07) is -4.25. The summed E-state index contributed by atoms with van der Waals surface area (Å²) in [5, 5.41) is 25.4. The molecule has 4 atom stereocenters. The quantitative estimate of drug-likeness (QED) is 0.222. The molecule has 3 amide bonds. The molecule has 0 radical (unpaired) electrons. The van der Waals surface area contributed by atoms with Gasteiger partial charge in [0.15, 0.2) is 0 Å². The third kappa shape index (κ3) is 9.07. The van der Waals surface area contributed by atoms with Crippen LogP contribution in [0, 0.1) is 5.92 Å². The van der Waals surface area contributed by atoms with Crippen molar-refractivity contribution in [3.63, 3.8) is 0 Å². The minimum atomic E-state index is -1.27. The second-order valence-electron chi connectivity index (χ2n) is 6.42. The molecular weight excluding hydrogens is 376 g/mol. The summed E-state index contributed by atoms with van der Waals surface area (Å²) in [6.07, 6.45) is 2.07. The molecule has 0 aliphatic carbocycles. The topological polar surface area (TPSA) is 171 Å². The number of aliphatic hydroxyl groups is 1. The molecule has 156 valence electrons. The van der Waals surface area contributed by atoms with E-state index in [0.717, 1.165) is 0 Å². The summed E-state index contributed by atoms with van der Waals surface area (Å²) in [6.45, 7) is 4.11. The fraction of sp³-hybridized carbons (Fsp3) is 0.750. The Labute approximate surface area is 163 Å². The number of aliphatic carboxylic acids is 1. The molecule has 0 fully saturated rings. The monoisotopic (exact) mass is 406 g/mol. The highest BCUT2D eigenvalue weighted by Crippen LogP contribution is 2.03. The van der Waals surface area contributed by atoms with Crippen LogP contribution in [0.15, 0.2) is 0 Å². The fourth-order valence-corrected chi connectivity index (χ4v) is 2.39. The van der Waals surface area contributed by atoms with E-state index in [1.54, 1.807) is 13.8 Å². The molecule has 0 saturated carbocycles. The number of aliphatic hydroxyl groups excluding tert-OH is 1. The van der Waals surface area contributed by atoms with Crippen LogP contribution in [-0.4, -0.2) is 76.7 Å². The molecule has 0 aromatic rings. The first-order valence-electron chi connectivity index (χ1n) is 8.54. The van der Waals surface area contributed by atoms with Crippen LogP contribution in [0.5, 0.6) is 0 Å². The van der Waals surface area contributed by atoms with E-state index in [0.29, 0.717) is 5.75 Å². The summed E-state index contributed by atoms with van der Waals surface area (Å²) in [4.78, 5) is 47.5. The lowest BCUT2D eigenvalue weighted by Crippen LogP contribution is -2.58. The number of carbonyl (C=O) groups excluding carboxylic acids is 3. The van der Waals surface area contributed by atoms with Crippen molar-refractivity contribution in [1.82, 2.24) is 16.0 Å². The van der Waals surface area contributed by atoms with E-state index in [1.807, 2.05) is 6.26 Å². The van der Waals surface area contributed by atoms with Crippen LogP contribution < -0.4 is 21.7 Å². The van der Waals surface area contributed by atoms with Gasteiger partial charge in [0.05, 0.1) is 12.6 Å². The summed E-state index contributed by atoms with van der Waals surface area (Å²) in [7, 11) is 0. The number of thioether (sulfide) groups is 1. The highest BCUT2D eigenvalue weighted by atomic mass is 32.2. The molecule has 10 nitrogen and oxygen atoms in total. The number of amides is 3. The van der Waals surface area contributed by atoms with Crippen LogP contribution >= 0.6 is 11.8 Å². The molecular formula is C16H30N4O6S. The third-order valence-corrected chi connectivity index (χ3v) is 4.45. The maximum Gasteiger partial charge on any atom is 0.325 e. The second-order valence-corrected chi connectivity index (χ2v) is 7.41. The van der Waals surface area contributed by atoms with Crippen LogP contribution in [0.2, 0.25) is 0 Å². The summed E-state index contributed by atoms with van der Waals surface area (Å²) in [5.41, 5.74) is 5.71. The average molecular weight is 407 g/mol. The molecule has 0 aromatic carbocycles. The Morgan fingerprint density at radius 3 is 1.93 bits per heavy atom. The Balaban J connectivity index is 5.04. The lowest BCUT2D eigenvalue weighted by molar-refractivity contribution is -0.141. The first-order valence-corrected chi connectivity index (χ1v) is 9.93. The molecule has 0 rings (SSSR count). The summed E-state index contributed by atoms with van der Waals surface area (Å²) >= 11 is 1.45. The number of hydrogen-bond donors (Lipinski definition) is 6. The molecule has 0 spiro atoms. The van der Waals surface area contributed by atoms with Crippen LogP contribution in [0.1, 0.15) is 27.2 Å². The van der Waals surface area contributed by atoms with Crippen molar-refractivity contribution < 1.29 is 29.4 Å². The number of carbonyl (C=O) groups is 4. The predicted octanol–water partition coefficient (Wildman–Crippen LogP) is -1.73. The maximum atomic E-state index is 12.4. The number of carboxylic acid groups (broad SMARTS) is 1. The van der Waals surface area contributed by atoms with Crippen molar-refractivity contribution in [2.45, 2.75) is 51.4 Å². The molecule has 7 N–H and O–H groups in total. The van der Waals surface area contributed by atoms with Gasteiger partial charge in [-0.3, -0.25) is 19.2 Å². The third-order valence-electron chi connectivity index (χ3n) is 3.81. The van der Waals surface area contributed by atoms with Crippen molar-refractivity contribution in [1.29, 1.82) is 0 Å². The van der Waals surface area contributed by atoms with E-state index >= 15 is 0 Å². The van der Waals surface area contributed by atoms with E-state index in [-0.39, 0.29) is 12.3 Å². The van der Waals surface area contributed by atoms with Gasteiger partial charge in [-0.2, -0.15) is 11.8 Å². The highest BCUT2D eigenvalue weighted by Gasteiger charge is 2.29. The van der Waals surface area contributed by atoms with Gasteiger partial charge in [0.2, 0.25) is 17.7 Å². The number of hydrogen-bond acceptors (Lipinski definition) is 7.